The van der Waals surface area contributed by atoms with Crippen LogP contribution in [0.3, 0.4) is 0 Å². The molecule has 0 N–H and O–H groups in total. The molecular formula is C18H22Br2Si. The fraction of sp³-hybridized carbons (Fsp3) is 0.333. The molecule has 0 aliphatic heterocycles. The summed E-state index contributed by atoms with van der Waals surface area (Å²) in [4.78, 5) is 0. The van der Waals surface area contributed by atoms with Crippen molar-refractivity contribution in [3.8, 4) is 0 Å². The second-order valence-electron chi connectivity index (χ2n) is 6.19. The third kappa shape index (κ3) is 3.20. The van der Waals surface area contributed by atoms with E-state index in [9.17, 15) is 0 Å². The van der Waals surface area contributed by atoms with Gasteiger partial charge >= 0.3 is 0 Å². The van der Waals surface area contributed by atoms with Crippen molar-refractivity contribution in [2.75, 3.05) is 0 Å². The highest BCUT2D eigenvalue weighted by Crippen LogP contribution is 2.32. The largest absolute Gasteiger partial charge is 0.123 e. The number of benzene rings is 2. The fourth-order valence-electron chi connectivity index (χ4n) is 3.62. The summed E-state index contributed by atoms with van der Waals surface area (Å²) in [7, 11) is -1.79. The van der Waals surface area contributed by atoms with Crippen LogP contribution in [0.4, 0.5) is 0 Å². The van der Waals surface area contributed by atoms with Crippen molar-refractivity contribution >= 4 is 50.3 Å². The Balaban J connectivity index is 2.69. The quantitative estimate of drug-likeness (QED) is 0.559. The molecule has 0 saturated carbocycles. The number of rotatable bonds is 4. The van der Waals surface area contributed by atoms with E-state index in [0.717, 1.165) is 8.95 Å². The van der Waals surface area contributed by atoms with Crippen molar-refractivity contribution in [1.82, 2.24) is 0 Å². The van der Waals surface area contributed by atoms with Crippen molar-refractivity contribution in [1.29, 1.82) is 0 Å². The SMILES string of the molecule is CC(C)[Si](c1ccc(Br)cc1)(c1ccc(Br)cc1)C(C)C. The van der Waals surface area contributed by atoms with Crippen LogP contribution in [0.5, 0.6) is 0 Å². The molecule has 112 valence electrons. The van der Waals surface area contributed by atoms with E-state index in [1.54, 1.807) is 0 Å². The van der Waals surface area contributed by atoms with Gasteiger partial charge in [0.2, 0.25) is 0 Å². The average Bonchev–Trinajstić information content (AvgIpc) is 2.43. The lowest BCUT2D eigenvalue weighted by Crippen LogP contribution is -2.62. The lowest BCUT2D eigenvalue weighted by Gasteiger charge is -2.40. The van der Waals surface area contributed by atoms with E-state index in [0.29, 0.717) is 11.1 Å². The molecule has 0 atom stereocenters. The van der Waals surface area contributed by atoms with Crippen LogP contribution in [0.2, 0.25) is 11.1 Å². The van der Waals surface area contributed by atoms with Gasteiger partial charge < -0.3 is 0 Å². The van der Waals surface area contributed by atoms with E-state index in [1.807, 2.05) is 0 Å². The zero-order chi connectivity index (χ0) is 15.6. The second kappa shape index (κ2) is 6.80. The Morgan fingerprint density at radius 3 is 1.14 bits per heavy atom. The normalized spacial score (nSPS) is 12.2. The maximum atomic E-state index is 3.56. The predicted octanol–water partition coefficient (Wildman–Crippen LogP) is 5.59. The number of hydrogen-bond acceptors (Lipinski definition) is 0. The smallest absolute Gasteiger partial charge is 0.0645 e. The first-order valence-corrected chi connectivity index (χ1v) is 11.1. The summed E-state index contributed by atoms with van der Waals surface area (Å²) in [5.41, 5.74) is 1.31. The minimum Gasteiger partial charge on any atom is -0.0645 e. The molecular weight excluding hydrogens is 404 g/mol. The second-order valence-corrected chi connectivity index (χ2v) is 13.2. The highest BCUT2D eigenvalue weighted by atomic mass is 79.9. The van der Waals surface area contributed by atoms with Crippen molar-refractivity contribution in [3.63, 3.8) is 0 Å². The molecule has 3 heteroatoms. The van der Waals surface area contributed by atoms with Crippen LogP contribution in [0.15, 0.2) is 57.5 Å². The molecule has 0 aliphatic rings. The maximum absolute atomic E-state index is 3.56. The molecule has 2 aromatic rings. The van der Waals surface area contributed by atoms with E-state index in [1.165, 1.54) is 10.4 Å². The molecule has 21 heavy (non-hydrogen) atoms. The third-order valence-electron chi connectivity index (χ3n) is 4.47. The van der Waals surface area contributed by atoms with E-state index in [2.05, 4.69) is 108 Å². The van der Waals surface area contributed by atoms with Gasteiger partial charge in [0.15, 0.2) is 0 Å². The molecule has 0 spiro atoms. The van der Waals surface area contributed by atoms with Crippen LogP contribution in [-0.4, -0.2) is 8.07 Å². The third-order valence-corrected chi connectivity index (χ3v) is 11.7. The van der Waals surface area contributed by atoms with Crippen LogP contribution in [0.25, 0.3) is 0 Å². The zero-order valence-electron chi connectivity index (χ0n) is 13.0. The molecule has 2 aromatic carbocycles. The first kappa shape index (κ1) is 17.0. The lowest BCUT2D eigenvalue weighted by atomic mass is 10.3. The van der Waals surface area contributed by atoms with E-state index in [-0.39, 0.29) is 0 Å². The van der Waals surface area contributed by atoms with Gasteiger partial charge in [-0.05, 0) is 35.3 Å². The van der Waals surface area contributed by atoms with Crippen molar-refractivity contribution < 1.29 is 0 Å². The van der Waals surface area contributed by atoms with E-state index < -0.39 is 8.07 Å². The molecule has 0 heterocycles. The Labute approximate surface area is 146 Å². The van der Waals surface area contributed by atoms with Gasteiger partial charge in [-0.1, -0.05) is 94.2 Å². The Bertz CT molecular complexity index is 530. The lowest BCUT2D eigenvalue weighted by molar-refractivity contribution is 0.928. The first-order chi connectivity index (χ1) is 9.88. The molecule has 0 fully saturated rings. The molecule has 0 aliphatic carbocycles. The van der Waals surface area contributed by atoms with Gasteiger partial charge in [-0.15, -0.1) is 0 Å². The minimum atomic E-state index is -1.79. The van der Waals surface area contributed by atoms with Gasteiger partial charge in [0.25, 0.3) is 0 Å². The van der Waals surface area contributed by atoms with E-state index >= 15 is 0 Å². The van der Waals surface area contributed by atoms with Gasteiger partial charge in [0, 0.05) is 8.95 Å². The van der Waals surface area contributed by atoms with Crippen LogP contribution >= 0.6 is 31.9 Å². The van der Waals surface area contributed by atoms with Crippen molar-refractivity contribution in [2.24, 2.45) is 0 Å². The number of halogens is 2. The topological polar surface area (TPSA) is 0 Å². The molecule has 0 radical (unpaired) electrons. The van der Waals surface area contributed by atoms with Crippen LogP contribution in [-0.2, 0) is 0 Å². The standard InChI is InChI=1S/C18H22Br2Si/c1-13(2)21(14(3)4,17-9-5-15(19)6-10-17)18-11-7-16(20)8-12-18/h5-14H,1-4H3. The Hall–Kier alpha value is -0.383. The monoisotopic (exact) mass is 424 g/mol. The molecule has 0 bridgehead atoms. The molecule has 0 saturated heterocycles. The summed E-state index contributed by atoms with van der Waals surface area (Å²) in [5, 5.41) is 3.05. The van der Waals surface area contributed by atoms with Crippen LogP contribution in [0.1, 0.15) is 27.7 Å². The molecule has 0 amide bonds. The summed E-state index contributed by atoms with van der Waals surface area (Å²) in [5.74, 6) is 0. The summed E-state index contributed by atoms with van der Waals surface area (Å²) >= 11 is 7.12. The van der Waals surface area contributed by atoms with Gasteiger partial charge in [0.1, 0.15) is 8.07 Å². The molecule has 0 nitrogen and oxygen atoms in total. The summed E-state index contributed by atoms with van der Waals surface area (Å²) in [6, 6.07) is 18.0. The van der Waals surface area contributed by atoms with E-state index in [4.69, 9.17) is 0 Å². The average molecular weight is 426 g/mol. The molecule has 2 rings (SSSR count). The molecule has 0 aromatic heterocycles. The van der Waals surface area contributed by atoms with Gasteiger partial charge in [-0.3, -0.25) is 0 Å². The fourth-order valence-corrected chi connectivity index (χ4v) is 9.92. The van der Waals surface area contributed by atoms with Gasteiger partial charge in [0.05, 0.1) is 0 Å². The Morgan fingerprint density at radius 1 is 0.619 bits per heavy atom. The minimum absolute atomic E-state index is 0.653. The van der Waals surface area contributed by atoms with Gasteiger partial charge in [-0.2, -0.15) is 0 Å². The molecule has 0 unspecified atom stereocenters. The Kier molecular flexibility index (Phi) is 5.50. The van der Waals surface area contributed by atoms with Crippen LogP contribution < -0.4 is 10.4 Å². The van der Waals surface area contributed by atoms with Crippen LogP contribution in [0, 0.1) is 0 Å². The summed E-state index contributed by atoms with van der Waals surface area (Å²) in [6.45, 7) is 9.54. The predicted molar refractivity (Wildman–Crippen MR) is 104 cm³/mol. The van der Waals surface area contributed by atoms with Gasteiger partial charge in [-0.25, -0.2) is 0 Å². The van der Waals surface area contributed by atoms with Crippen molar-refractivity contribution in [2.45, 2.75) is 38.8 Å². The maximum Gasteiger partial charge on any atom is 0.123 e. The highest BCUT2D eigenvalue weighted by Gasteiger charge is 2.43. The zero-order valence-corrected chi connectivity index (χ0v) is 17.2. The first-order valence-electron chi connectivity index (χ1n) is 7.41. The van der Waals surface area contributed by atoms with Crippen molar-refractivity contribution in [3.05, 3.63) is 57.5 Å². The number of hydrogen-bond donors (Lipinski definition) is 0. The Morgan fingerprint density at radius 2 is 0.905 bits per heavy atom. The summed E-state index contributed by atoms with van der Waals surface area (Å²) in [6.07, 6.45) is 0. The summed E-state index contributed by atoms with van der Waals surface area (Å²) < 4.78 is 2.30. The highest BCUT2D eigenvalue weighted by molar-refractivity contribution is 9.10.